The molecule has 0 spiro atoms. The van der Waals surface area contributed by atoms with Crippen molar-refractivity contribution < 1.29 is 9.13 Å². The van der Waals surface area contributed by atoms with E-state index in [0.29, 0.717) is 30.9 Å². The van der Waals surface area contributed by atoms with Gasteiger partial charge >= 0.3 is 0 Å². The second-order valence-electron chi connectivity index (χ2n) is 5.77. The quantitative estimate of drug-likeness (QED) is 0.263. The second kappa shape index (κ2) is 7.50. The molecule has 9 heteroatoms. The number of thioether (sulfide) groups is 1. The van der Waals surface area contributed by atoms with Crippen molar-refractivity contribution >= 4 is 45.7 Å². The van der Waals surface area contributed by atoms with Crippen LogP contribution in [0.25, 0.3) is 21.7 Å². The molecule has 0 saturated carbocycles. The van der Waals surface area contributed by atoms with E-state index in [1.54, 1.807) is 23.8 Å². The van der Waals surface area contributed by atoms with E-state index in [4.69, 9.17) is 21.9 Å². The first-order valence-corrected chi connectivity index (χ1v) is 10.6. The molecule has 0 radical (unpaired) electrons. The fourth-order valence-electron chi connectivity index (χ4n) is 2.87. The molecule has 28 heavy (non-hydrogen) atoms. The molecule has 2 heterocycles. The molecule has 5 nitrogen and oxygen atoms in total. The molecule has 0 bridgehead atoms. The summed E-state index contributed by atoms with van der Waals surface area (Å²) in [6.07, 6.45) is 1.84. The smallest absolute Gasteiger partial charge is 0.278 e. The third-order valence-electron chi connectivity index (χ3n) is 4.16. The van der Waals surface area contributed by atoms with Gasteiger partial charge in [-0.25, -0.2) is 9.37 Å². The number of nitrogens with zero attached hydrogens (tertiary/aromatic N) is 3. The van der Waals surface area contributed by atoms with Gasteiger partial charge in [-0.15, -0.1) is 0 Å². The summed E-state index contributed by atoms with van der Waals surface area (Å²) >= 11 is 8.06. The van der Waals surface area contributed by atoms with Gasteiger partial charge in [-0.3, -0.25) is 13.9 Å². The number of ether oxygens (including phenoxy) is 1. The standard InChI is InChI=1S/C19H14FN3O2S3/c1-25-14-5-3-4-13(10-14)22-16-15(28-19(22)26)17(24)23(18(21-16)27-2)12-8-6-11(20)7-9-12/h3-10H,1-2H3. The fourth-order valence-corrected chi connectivity index (χ4v) is 4.72. The highest BCUT2D eigenvalue weighted by molar-refractivity contribution is 7.98. The zero-order valence-corrected chi connectivity index (χ0v) is 17.3. The second-order valence-corrected chi connectivity index (χ2v) is 8.19. The van der Waals surface area contributed by atoms with Gasteiger partial charge in [0.1, 0.15) is 16.3 Å². The molecule has 0 aliphatic rings. The molecule has 0 saturated heterocycles. The maximum Gasteiger partial charge on any atom is 0.278 e. The molecule has 4 rings (SSSR count). The van der Waals surface area contributed by atoms with Crippen LogP contribution in [0.5, 0.6) is 5.75 Å². The lowest BCUT2D eigenvalue weighted by Gasteiger charge is -2.12. The van der Waals surface area contributed by atoms with Crippen molar-refractivity contribution in [3.8, 4) is 17.1 Å². The summed E-state index contributed by atoms with van der Waals surface area (Å²) in [5, 5.41) is 0.494. The summed E-state index contributed by atoms with van der Waals surface area (Å²) in [6.45, 7) is 0. The average molecular weight is 432 g/mol. The minimum atomic E-state index is -0.364. The number of hydrogen-bond donors (Lipinski definition) is 0. The van der Waals surface area contributed by atoms with Crippen LogP contribution in [0.15, 0.2) is 58.5 Å². The Hall–Kier alpha value is -2.49. The first-order valence-electron chi connectivity index (χ1n) is 8.16. The number of methoxy groups -OCH3 is 1. The third-order valence-corrected chi connectivity index (χ3v) is 6.15. The Morgan fingerprint density at radius 2 is 1.89 bits per heavy atom. The van der Waals surface area contributed by atoms with Crippen LogP contribution in [-0.4, -0.2) is 27.5 Å². The highest BCUT2D eigenvalue weighted by Gasteiger charge is 2.18. The lowest BCUT2D eigenvalue weighted by molar-refractivity contribution is 0.414. The SMILES string of the molecule is COc1cccc(-n2c(=S)sc3c(=O)n(-c4ccc(F)cc4)c(SC)nc32)c1. The van der Waals surface area contributed by atoms with Crippen LogP contribution >= 0.6 is 35.3 Å². The van der Waals surface area contributed by atoms with E-state index < -0.39 is 0 Å². The zero-order valence-electron chi connectivity index (χ0n) is 14.9. The number of benzene rings is 2. The Kier molecular flexibility index (Phi) is 5.05. The van der Waals surface area contributed by atoms with Gasteiger partial charge in [0.05, 0.1) is 18.5 Å². The van der Waals surface area contributed by atoms with Crippen molar-refractivity contribution in [3.05, 3.63) is 68.7 Å². The summed E-state index contributed by atoms with van der Waals surface area (Å²) < 4.78 is 22.8. The van der Waals surface area contributed by atoms with E-state index in [-0.39, 0.29) is 11.4 Å². The van der Waals surface area contributed by atoms with Gasteiger partial charge in [0.2, 0.25) is 0 Å². The van der Waals surface area contributed by atoms with Crippen LogP contribution in [0.2, 0.25) is 0 Å². The summed E-state index contributed by atoms with van der Waals surface area (Å²) in [5.74, 6) is 0.319. The number of aromatic nitrogens is 3. The van der Waals surface area contributed by atoms with E-state index in [9.17, 15) is 9.18 Å². The van der Waals surface area contributed by atoms with Crippen molar-refractivity contribution in [1.29, 1.82) is 0 Å². The van der Waals surface area contributed by atoms with Gasteiger partial charge in [-0.2, -0.15) is 0 Å². The van der Waals surface area contributed by atoms with Crippen LogP contribution in [0.1, 0.15) is 0 Å². The molecule has 0 aliphatic heterocycles. The van der Waals surface area contributed by atoms with Gasteiger partial charge in [0.15, 0.2) is 14.8 Å². The predicted molar refractivity (Wildman–Crippen MR) is 114 cm³/mol. The van der Waals surface area contributed by atoms with Crippen molar-refractivity contribution in [1.82, 2.24) is 14.1 Å². The summed E-state index contributed by atoms with van der Waals surface area (Å²) in [5.41, 5.74) is 1.58. The van der Waals surface area contributed by atoms with Gasteiger partial charge in [-0.1, -0.05) is 29.2 Å². The first-order chi connectivity index (χ1) is 13.5. The van der Waals surface area contributed by atoms with E-state index in [2.05, 4.69) is 0 Å². The monoisotopic (exact) mass is 431 g/mol. The van der Waals surface area contributed by atoms with Crippen molar-refractivity contribution in [2.45, 2.75) is 5.16 Å². The molecule has 4 aromatic rings. The summed E-state index contributed by atoms with van der Waals surface area (Å²) in [6, 6.07) is 13.2. The van der Waals surface area contributed by atoms with Crippen LogP contribution in [0, 0.1) is 9.77 Å². The molecule has 0 fully saturated rings. The average Bonchev–Trinajstić information content (AvgIpc) is 3.05. The Morgan fingerprint density at radius 3 is 2.57 bits per heavy atom. The lowest BCUT2D eigenvalue weighted by atomic mass is 10.3. The Labute approximate surface area is 173 Å². The molecular formula is C19H14FN3O2S3. The number of hydrogen-bond acceptors (Lipinski definition) is 6. The van der Waals surface area contributed by atoms with E-state index in [1.165, 1.54) is 39.8 Å². The Bertz CT molecular complexity index is 1290. The topological polar surface area (TPSA) is 49.0 Å². The van der Waals surface area contributed by atoms with Crippen molar-refractivity contribution in [2.75, 3.05) is 13.4 Å². The Morgan fingerprint density at radius 1 is 1.14 bits per heavy atom. The minimum Gasteiger partial charge on any atom is -0.497 e. The highest BCUT2D eigenvalue weighted by Crippen LogP contribution is 2.28. The van der Waals surface area contributed by atoms with E-state index in [1.807, 2.05) is 30.5 Å². The van der Waals surface area contributed by atoms with Gasteiger partial charge in [0.25, 0.3) is 5.56 Å². The minimum absolute atomic E-state index is 0.237. The highest BCUT2D eigenvalue weighted by atomic mass is 32.2. The summed E-state index contributed by atoms with van der Waals surface area (Å²) in [7, 11) is 1.59. The number of thiazole rings is 1. The number of rotatable bonds is 4. The van der Waals surface area contributed by atoms with Gasteiger partial charge in [-0.05, 0) is 54.9 Å². The normalized spacial score (nSPS) is 11.1. The molecule has 2 aromatic heterocycles. The summed E-state index contributed by atoms with van der Waals surface area (Å²) in [4.78, 5) is 18.0. The largest absolute Gasteiger partial charge is 0.497 e. The van der Waals surface area contributed by atoms with Crippen LogP contribution in [0.3, 0.4) is 0 Å². The molecule has 0 atom stereocenters. The van der Waals surface area contributed by atoms with Gasteiger partial charge < -0.3 is 4.74 Å². The first kappa shape index (κ1) is 18.9. The fraction of sp³-hybridized carbons (Fsp3) is 0.105. The van der Waals surface area contributed by atoms with Gasteiger partial charge in [0, 0.05) is 6.07 Å². The van der Waals surface area contributed by atoms with E-state index in [0.717, 1.165) is 5.69 Å². The molecule has 0 amide bonds. The van der Waals surface area contributed by atoms with Crippen LogP contribution < -0.4 is 10.3 Å². The number of fused-ring (bicyclic) bond motifs is 1. The molecule has 2 aromatic carbocycles. The maximum absolute atomic E-state index is 13.3. The number of halogens is 1. The molecule has 0 aliphatic carbocycles. The lowest BCUT2D eigenvalue weighted by Crippen LogP contribution is -2.21. The zero-order chi connectivity index (χ0) is 19.8. The third kappa shape index (κ3) is 3.15. The Balaban J connectivity index is 2.03. The molecule has 142 valence electrons. The maximum atomic E-state index is 13.3. The molecular weight excluding hydrogens is 417 g/mol. The predicted octanol–water partition coefficient (Wildman–Crippen LogP) is 4.84. The van der Waals surface area contributed by atoms with Crippen molar-refractivity contribution in [3.63, 3.8) is 0 Å². The van der Waals surface area contributed by atoms with E-state index >= 15 is 0 Å². The molecule has 0 unspecified atom stereocenters. The molecule has 0 N–H and O–H groups in total. The van der Waals surface area contributed by atoms with Crippen LogP contribution in [-0.2, 0) is 0 Å². The van der Waals surface area contributed by atoms with Crippen LogP contribution in [0.4, 0.5) is 4.39 Å². The van der Waals surface area contributed by atoms with Crippen molar-refractivity contribution in [2.24, 2.45) is 0 Å².